The third kappa shape index (κ3) is 4.38. The van der Waals surface area contributed by atoms with Crippen LogP contribution in [0.1, 0.15) is 21.6 Å². The van der Waals surface area contributed by atoms with Gasteiger partial charge in [-0.1, -0.05) is 36.4 Å². The van der Waals surface area contributed by atoms with E-state index in [0.29, 0.717) is 0 Å². The highest BCUT2D eigenvalue weighted by molar-refractivity contribution is 5.93. The number of amides is 2. The number of rotatable bonds is 5. The van der Waals surface area contributed by atoms with Gasteiger partial charge in [-0.05, 0) is 36.1 Å². The van der Waals surface area contributed by atoms with Gasteiger partial charge in [0.1, 0.15) is 23.1 Å². The molecule has 8 heteroatoms. The van der Waals surface area contributed by atoms with Gasteiger partial charge >= 0.3 is 6.09 Å². The standard InChI is InChI=1S/C22H19FN4O3/c23-17-7-3-4-8-18(17)26-20-12-16(30-22(24)29)11-19(27-20)21(28)25-15-9-13-5-1-2-6-14(13)10-15/h1-8,11-12,15H,9-10H2,(H2,24,29)(H,25,28)(H,26,27). The number of nitrogens with two attached hydrogens (primary N) is 1. The highest BCUT2D eigenvalue weighted by atomic mass is 19.1. The Labute approximate surface area is 172 Å². The molecule has 2 aromatic carbocycles. The molecule has 152 valence electrons. The van der Waals surface area contributed by atoms with E-state index < -0.39 is 17.8 Å². The minimum Gasteiger partial charge on any atom is -0.410 e. The molecule has 1 aromatic heterocycles. The number of nitrogens with one attached hydrogen (secondary N) is 2. The molecule has 0 fully saturated rings. The van der Waals surface area contributed by atoms with Gasteiger partial charge in [-0.15, -0.1) is 0 Å². The minimum absolute atomic E-state index is 0.0172. The van der Waals surface area contributed by atoms with Crippen LogP contribution in [0.25, 0.3) is 0 Å². The molecule has 0 unspecified atom stereocenters. The van der Waals surface area contributed by atoms with Crippen LogP contribution < -0.4 is 21.1 Å². The first kappa shape index (κ1) is 19.4. The maximum atomic E-state index is 14.0. The van der Waals surface area contributed by atoms with E-state index in [0.717, 1.165) is 12.8 Å². The summed E-state index contributed by atoms with van der Waals surface area (Å²) >= 11 is 0. The van der Waals surface area contributed by atoms with Crippen LogP contribution in [0, 0.1) is 5.82 Å². The number of ether oxygens (including phenoxy) is 1. The fourth-order valence-corrected chi connectivity index (χ4v) is 3.48. The molecule has 0 spiro atoms. The Morgan fingerprint density at radius 3 is 2.37 bits per heavy atom. The molecular formula is C22H19FN4O3. The van der Waals surface area contributed by atoms with Gasteiger partial charge in [0.05, 0.1) is 5.69 Å². The third-order valence-electron chi connectivity index (χ3n) is 4.77. The summed E-state index contributed by atoms with van der Waals surface area (Å²) in [7, 11) is 0. The number of hydrogen-bond acceptors (Lipinski definition) is 5. The third-order valence-corrected chi connectivity index (χ3v) is 4.77. The average Bonchev–Trinajstić information content (AvgIpc) is 3.11. The number of anilines is 2. The van der Waals surface area contributed by atoms with E-state index in [-0.39, 0.29) is 29.0 Å². The molecule has 0 saturated carbocycles. The number of carbonyl (C=O) groups is 2. The molecule has 1 aliphatic rings. The molecule has 0 radical (unpaired) electrons. The number of carbonyl (C=O) groups excluding carboxylic acids is 2. The summed E-state index contributed by atoms with van der Waals surface area (Å²) < 4.78 is 18.9. The SMILES string of the molecule is NC(=O)Oc1cc(Nc2ccccc2F)nc(C(=O)NC2Cc3ccccc3C2)c1. The second-order valence-corrected chi connectivity index (χ2v) is 6.95. The average molecular weight is 406 g/mol. The Morgan fingerprint density at radius 2 is 1.70 bits per heavy atom. The quantitative estimate of drug-likeness (QED) is 0.603. The summed E-state index contributed by atoms with van der Waals surface area (Å²) in [6.07, 6.45) is 0.412. The fourth-order valence-electron chi connectivity index (χ4n) is 3.48. The van der Waals surface area contributed by atoms with E-state index in [4.69, 9.17) is 10.5 Å². The summed E-state index contributed by atoms with van der Waals surface area (Å²) in [5.41, 5.74) is 7.67. The smallest absolute Gasteiger partial charge is 0.409 e. The lowest BCUT2D eigenvalue weighted by molar-refractivity contribution is 0.0933. The molecule has 0 aliphatic heterocycles. The van der Waals surface area contributed by atoms with E-state index in [9.17, 15) is 14.0 Å². The molecule has 0 atom stereocenters. The lowest BCUT2D eigenvalue weighted by atomic mass is 10.1. The van der Waals surface area contributed by atoms with Gasteiger partial charge in [-0.2, -0.15) is 0 Å². The summed E-state index contributed by atoms with van der Waals surface area (Å²) in [4.78, 5) is 28.2. The molecule has 0 bridgehead atoms. The number of primary amides is 1. The zero-order valence-corrected chi connectivity index (χ0v) is 15.9. The molecule has 0 saturated heterocycles. The number of nitrogens with zero attached hydrogens (tertiary/aromatic N) is 1. The molecule has 2 amide bonds. The Morgan fingerprint density at radius 1 is 1.03 bits per heavy atom. The first-order valence-electron chi connectivity index (χ1n) is 9.36. The van der Waals surface area contributed by atoms with Gasteiger partial charge in [-0.3, -0.25) is 4.79 Å². The number of para-hydroxylation sites is 1. The zero-order valence-electron chi connectivity index (χ0n) is 15.9. The number of aromatic nitrogens is 1. The van der Waals surface area contributed by atoms with Crippen LogP contribution in [0.5, 0.6) is 5.75 Å². The lowest BCUT2D eigenvalue weighted by Gasteiger charge is -2.14. The van der Waals surface area contributed by atoms with Crippen LogP contribution in [-0.4, -0.2) is 23.0 Å². The van der Waals surface area contributed by atoms with Crippen LogP contribution in [0.2, 0.25) is 0 Å². The predicted octanol–water partition coefficient (Wildman–Crippen LogP) is 3.32. The van der Waals surface area contributed by atoms with Crippen molar-refractivity contribution >= 4 is 23.5 Å². The van der Waals surface area contributed by atoms with Gasteiger partial charge in [0.25, 0.3) is 5.91 Å². The van der Waals surface area contributed by atoms with Crippen LogP contribution in [0.15, 0.2) is 60.7 Å². The minimum atomic E-state index is -1.03. The molecule has 4 N–H and O–H groups in total. The molecule has 3 aromatic rings. The van der Waals surface area contributed by atoms with E-state index in [1.807, 2.05) is 24.3 Å². The summed E-state index contributed by atoms with van der Waals surface area (Å²) in [6, 6.07) is 16.6. The molecule has 1 heterocycles. The number of hydrogen-bond donors (Lipinski definition) is 3. The first-order valence-corrected chi connectivity index (χ1v) is 9.36. The largest absolute Gasteiger partial charge is 0.410 e. The number of fused-ring (bicyclic) bond motifs is 1. The van der Waals surface area contributed by atoms with Crippen molar-refractivity contribution in [2.75, 3.05) is 5.32 Å². The van der Waals surface area contributed by atoms with E-state index in [1.165, 1.54) is 35.4 Å². The van der Waals surface area contributed by atoms with Crippen LogP contribution in [0.3, 0.4) is 0 Å². The number of benzene rings is 2. The number of pyridine rings is 1. The highest BCUT2D eigenvalue weighted by Crippen LogP contribution is 2.25. The van der Waals surface area contributed by atoms with Crippen LogP contribution >= 0.6 is 0 Å². The molecule has 4 rings (SSSR count). The van der Waals surface area contributed by atoms with E-state index in [2.05, 4.69) is 15.6 Å². The van der Waals surface area contributed by atoms with Crippen molar-refractivity contribution in [3.05, 3.63) is 83.3 Å². The Hall–Kier alpha value is -3.94. The lowest BCUT2D eigenvalue weighted by Crippen LogP contribution is -2.35. The van der Waals surface area contributed by atoms with Crippen LogP contribution in [0.4, 0.5) is 20.7 Å². The summed E-state index contributed by atoms with van der Waals surface area (Å²) in [5, 5.41) is 5.74. The molecule has 7 nitrogen and oxygen atoms in total. The van der Waals surface area contributed by atoms with Gasteiger partial charge in [0, 0.05) is 18.2 Å². The van der Waals surface area contributed by atoms with Crippen molar-refractivity contribution in [1.29, 1.82) is 0 Å². The topological polar surface area (TPSA) is 106 Å². The Balaban J connectivity index is 1.56. The Kier molecular flexibility index (Phi) is 5.30. The molecular weight excluding hydrogens is 387 g/mol. The monoisotopic (exact) mass is 406 g/mol. The van der Waals surface area contributed by atoms with Gasteiger partial charge in [-0.25, -0.2) is 14.2 Å². The zero-order chi connectivity index (χ0) is 21.1. The van der Waals surface area contributed by atoms with Gasteiger partial charge in [0.15, 0.2) is 0 Å². The van der Waals surface area contributed by atoms with Crippen molar-refractivity contribution in [3.63, 3.8) is 0 Å². The van der Waals surface area contributed by atoms with E-state index in [1.54, 1.807) is 12.1 Å². The van der Waals surface area contributed by atoms with Crippen molar-refractivity contribution in [3.8, 4) is 5.75 Å². The van der Waals surface area contributed by atoms with Gasteiger partial charge < -0.3 is 21.1 Å². The molecule has 1 aliphatic carbocycles. The summed E-state index contributed by atoms with van der Waals surface area (Å²) in [6.45, 7) is 0. The summed E-state index contributed by atoms with van der Waals surface area (Å²) in [5.74, 6) is -0.760. The maximum absolute atomic E-state index is 14.0. The number of halogens is 1. The Bertz CT molecular complexity index is 1090. The predicted molar refractivity (Wildman–Crippen MR) is 109 cm³/mol. The molecule has 30 heavy (non-hydrogen) atoms. The fraction of sp³-hybridized carbons (Fsp3) is 0.136. The first-order chi connectivity index (χ1) is 14.5. The van der Waals surface area contributed by atoms with Gasteiger partial charge in [0.2, 0.25) is 0 Å². The van der Waals surface area contributed by atoms with Crippen LogP contribution in [-0.2, 0) is 12.8 Å². The normalized spacial score (nSPS) is 12.8. The highest BCUT2D eigenvalue weighted by Gasteiger charge is 2.24. The van der Waals surface area contributed by atoms with Crippen molar-refractivity contribution in [1.82, 2.24) is 10.3 Å². The second kappa shape index (κ2) is 8.20. The second-order valence-electron chi connectivity index (χ2n) is 6.95. The van der Waals surface area contributed by atoms with E-state index >= 15 is 0 Å². The van der Waals surface area contributed by atoms with Crippen molar-refractivity contribution in [2.24, 2.45) is 5.73 Å². The van der Waals surface area contributed by atoms with Crippen molar-refractivity contribution in [2.45, 2.75) is 18.9 Å². The maximum Gasteiger partial charge on any atom is 0.409 e. The van der Waals surface area contributed by atoms with Crippen molar-refractivity contribution < 1.29 is 18.7 Å².